The first kappa shape index (κ1) is 19.5. The molecule has 2 aliphatic rings. The lowest BCUT2D eigenvalue weighted by Crippen LogP contribution is -2.48. The van der Waals surface area contributed by atoms with Gasteiger partial charge in [0.15, 0.2) is 5.78 Å². The maximum atomic E-state index is 12.8. The lowest BCUT2D eigenvalue weighted by Gasteiger charge is -2.37. The fourth-order valence-electron chi connectivity index (χ4n) is 4.08. The van der Waals surface area contributed by atoms with E-state index >= 15 is 0 Å². The van der Waals surface area contributed by atoms with Gasteiger partial charge < -0.3 is 14.7 Å². The number of carbonyl (C=O) groups is 2. The van der Waals surface area contributed by atoms with Crippen molar-refractivity contribution in [2.45, 2.75) is 33.0 Å². The summed E-state index contributed by atoms with van der Waals surface area (Å²) < 4.78 is 5.79. The number of rotatable bonds is 5. The van der Waals surface area contributed by atoms with Crippen LogP contribution in [0.1, 0.15) is 40.1 Å². The molecule has 2 saturated heterocycles. The Morgan fingerprint density at radius 3 is 2.31 bits per heavy atom. The zero-order valence-electron chi connectivity index (χ0n) is 15.7. The van der Waals surface area contributed by atoms with E-state index in [4.69, 9.17) is 4.74 Å². The van der Waals surface area contributed by atoms with Gasteiger partial charge in [0, 0.05) is 45.2 Å². The second-order valence-electron chi connectivity index (χ2n) is 7.61. The minimum absolute atomic E-state index is 0.0165. The minimum atomic E-state index is -0.0350. The molecular weight excluding hydrogens is 352 g/mol. The highest BCUT2D eigenvalue weighted by Crippen LogP contribution is 2.28. The summed E-state index contributed by atoms with van der Waals surface area (Å²) in [5.41, 5.74) is 0. The number of Topliss-reactive ketones (excluding diaryl/α,β-unsaturated/α-hetero) is 1. The largest absolute Gasteiger partial charge is 0.396 e. The molecule has 26 heavy (non-hydrogen) atoms. The molecule has 4 atom stereocenters. The van der Waals surface area contributed by atoms with Gasteiger partial charge in [0.05, 0.1) is 22.0 Å². The number of hydrogen-bond acceptors (Lipinski definition) is 6. The van der Waals surface area contributed by atoms with Gasteiger partial charge in [0.2, 0.25) is 0 Å². The molecule has 1 amide bonds. The highest BCUT2D eigenvalue weighted by atomic mass is 32.1. The number of thiophene rings is 1. The predicted molar refractivity (Wildman–Crippen MR) is 101 cm³/mol. The molecule has 3 rings (SSSR count). The SMILES string of the molecule is CC(=O)c1ccc(C(=O)N2C[C@@H](CO)[C@@H](CN3C[C@@H](C)O[C@@H](C)C3)C2)s1. The summed E-state index contributed by atoms with van der Waals surface area (Å²) in [6, 6.07) is 3.45. The number of ether oxygens (including phenoxy) is 1. The molecule has 2 aliphatic heterocycles. The van der Waals surface area contributed by atoms with Crippen molar-refractivity contribution in [3.8, 4) is 0 Å². The van der Waals surface area contributed by atoms with E-state index in [9.17, 15) is 14.7 Å². The Labute approximate surface area is 158 Å². The van der Waals surface area contributed by atoms with Gasteiger partial charge >= 0.3 is 0 Å². The summed E-state index contributed by atoms with van der Waals surface area (Å²) in [5, 5.41) is 9.79. The Balaban J connectivity index is 1.64. The monoisotopic (exact) mass is 380 g/mol. The molecule has 0 aromatic carbocycles. The van der Waals surface area contributed by atoms with Crippen LogP contribution in [0.3, 0.4) is 0 Å². The Morgan fingerprint density at radius 2 is 1.73 bits per heavy atom. The van der Waals surface area contributed by atoms with Crippen molar-refractivity contribution in [1.82, 2.24) is 9.80 Å². The van der Waals surface area contributed by atoms with E-state index in [1.54, 1.807) is 12.1 Å². The average molecular weight is 381 g/mol. The first-order valence-electron chi connectivity index (χ1n) is 9.26. The molecule has 0 spiro atoms. The van der Waals surface area contributed by atoms with Crippen LogP contribution in [-0.2, 0) is 4.74 Å². The summed E-state index contributed by atoms with van der Waals surface area (Å²) in [7, 11) is 0. The van der Waals surface area contributed by atoms with E-state index in [0.717, 1.165) is 19.6 Å². The summed E-state index contributed by atoms with van der Waals surface area (Å²) in [6.07, 6.45) is 0.420. The number of nitrogens with zero attached hydrogens (tertiary/aromatic N) is 2. The van der Waals surface area contributed by atoms with E-state index < -0.39 is 0 Å². The molecule has 0 saturated carbocycles. The molecule has 2 fully saturated rings. The quantitative estimate of drug-likeness (QED) is 0.788. The number of morpholine rings is 1. The van der Waals surface area contributed by atoms with Crippen molar-refractivity contribution in [2.24, 2.45) is 11.8 Å². The first-order chi connectivity index (χ1) is 12.4. The van der Waals surface area contributed by atoms with Crippen molar-refractivity contribution in [1.29, 1.82) is 0 Å². The molecular formula is C19H28N2O4S. The number of aliphatic hydroxyl groups excluding tert-OH is 1. The molecule has 0 unspecified atom stereocenters. The lowest BCUT2D eigenvalue weighted by molar-refractivity contribution is -0.0726. The summed E-state index contributed by atoms with van der Waals surface area (Å²) in [4.78, 5) is 29.7. The summed E-state index contributed by atoms with van der Waals surface area (Å²) in [6.45, 7) is 9.64. The standard InChI is InChI=1S/C19H28N2O4S/c1-12-6-20(7-13(2)25-12)8-15-9-21(10-16(15)11-22)19(24)18-5-4-17(26-18)14(3)23/h4-5,12-13,15-16,22H,6-11H2,1-3H3/t12-,13+,15-,16-/m0/s1. The normalized spacial score (nSPS) is 29.9. The zero-order valence-corrected chi connectivity index (χ0v) is 16.5. The highest BCUT2D eigenvalue weighted by Gasteiger charge is 2.37. The van der Waals surface area contributed by atoms with Gasteiger partial charge in [-0.15, -0.1) is 11.3 Å². The minimum Gasteiger partial charge on any atom is -0.396 e. The zero-order chi connectivity index (χ0) is 18.8. The van der Waals surface area contributed by atoms with Gasteiger partial charge in [-0.3, -0.25) is 14.5 Å². The van der Waals surface area contributed by atoms with Gasteiger partial charge in [-0.05, 0) is 38.8 Å². The smallest absolute Gasteiger partial charge is 0.263 e. The first-order valence-corrected chi connectivity index (χ1v) is 10.1. The fourth-order valence-corrected chi connectivity index (χ4v) is 4.95. The Morgan fingerprint density at radius 1 is 1.12 bits per heavy atom. The third-order valence-electron chi connectivity index (χ3n) is 5.25. The van der Waals surface area contributed by atoms with Crippen molar-refractivity contribution in [2.75, 3.05) is 39.3 Å². The summed E-state index contributed by atoms with van der Waals surface area (Å²) in [5.74, 6) is 0.303. The second-order valence-corrected chi connectivity index (χ2v) is 8.69. The van der Waals surface area contributed by atoms with Crippen LogP contribution in [0.4, 0.5) is 0 Å². The number of hydrogen-bond donors (Lipinski definition) is 1. The number of aliphatic hydroxyl groups is 1. The third kappa shape index (κ3) is 4.34. The van der Waals surface area contributed by atoms with E-state index in [1.165, 1.54) is 18.3 Å². The van der Waals surface area contributed by atoms with E-state index in [2.05, 4.69) is 18.7 Å². The van der Waals surface area contributed by atoms with Crippen molar-refractivity contribution < 1.29 is 19.4 Å². The van der Waals surface area contributed by atoms with Crippen molar-refractivity contribution in [3.63, 3.8) is 0 Å². The van der Waals surface area contributed by atoms with Gasteiger partial charge in [-0.1, -0.05) is 0 Å². The fraction of sp³-hybridized carbons (Fsp3) is 0.684. The maximum Gasteiger partial charge on any atom is 0.263 e. The molecule has 0 radical (unpaired) electrons. The summed E-state index contributed by atoms with van der Waals surface area (Å²) >= 11 is 1.25. The molecule has 0 bridgehead atoms. The molecule has 1 aromatic rings. The van der Waals surface area contributed by atoms with Crippen molar-refractivity contribution >= 4 is 23.0 Å². The molecule has 3 heterocycles. The van der Waals surface area contributed by atoms with Crippen LogP contribution in [0.2, 0.25) is 0 Å². The van der Waals surface area contributed by atoms with Crippen molar-refractivity contribution in [3.05, 3.63) is 21.9 Å². The second kappa shape index (κ2) is 8.17. The van der Waals surface area contributed by atoms with Gasteiger partial charge in [0.25, 0.3) is 5.91 Å². The van der Waals surface area contributed by atoms with E-state index in [0.29, 0.717) is 22.8 Å². The van der Waals surface area contributed by atoms with Crippen LogP contribution >= 0.6 is 11.3 Å². The van der Waals surface area contributed by atoms with Crippen LogP contribution in [-0.4, -0.2) is 78.1 Å². The van der Waals surface area contributed by atoms with Crippen LogP contribution in [0.15, 0.2) is 12.1 Å². The topological polar surface area (TPSA) is 70.1 Å². The Kier molecular flexibility index (Phi) is 6.12. The number of amides is 1. The Bertz CT molecular complexity index is 652. The number of likely N-dealkylation sites (tertiary alicyclic amines) is 1. The maximum absolute atomic E-state index is 12.8. The molecule has 1 N–H and O–H groups in total. The third-order valence-corrected chi connectivity index (χ3v) is 6.42. The molecule has 0 aliphatic carbocycles. The van der Waals surface area contributed by atoms with E-state index in [1.807, 2.05) is 4.90 Å². The average Bonchev–Trinajstić information content (AvgIpc) is 3.20. The number of carbonyl (C=O) groups excluding carboxylic acids is 2. The van der Waals surface area contributed by atoms with Crippen LogP contribution in [0.25, 0.3) is 0 Å². The van der Waals surface area contributed by atoms with Crippen LogP contribution in [0, 0.1) is 11.8 Å². The molecule has 144 valence electrons. The van der Waals surface area contributed by atoms with Crippen LogP contribution in [0.5, 0.6) is 0 Å². The molecule has 6 nitrogen and oxygen atoms in total. The Hall–Kier alpha value is -1.28. The predicted octanol–water partition coefficient (Wildman–Crippen LogP) is 1.74. The molecule has 1 aromatic heterocycles. The highest BCUT2D eigenvalue weighted by molar-refractivity contribution is 7.15. The van der Waals surface area contributed by atoms with Gasteiger partial charge in [0.1, 0.15) is 0 Å². The van der Waals surface area contributed by atoms with Gasteiger partial charge in [-0.2, -0.15) is 0 Å². The number of ketones is 1. The van der Waals surface area contributed by atoms with E-state index in [-0.39, 0.29) is 42.3 Å². The lowest BCUT2D eigenvalue weighted by atomic mass is 9.96. The molecule has 7 heteroatoms. The van der Waals surface area contributed by atoms with Crippen LogP contribution < -0.4 is 0 Å². The van der Waals surface area contributed by atoms with Gasteiger partial charge in [-0.25, -0.2) is 0 Å².